The van der Waals surface area contributed by atoms with E-state index in [0.29, 0.717) is 12.2 Å². The van der Waals surface area contributed by atoms with E-state index in [-0.39, 0.29) is 11.2 Å². The van der Waals surface area contributed by atoms with E-state index in [2.05, 4.69) is 34.3 Å². The molecule has 18 heavy (non-hydrogen) atoms. The summed E-state index contributed by atoms with van der Waals surface area (Å²) in [6, 6.07) is 5.59. The van der Waals surface area contributed by atoms with Crippen molar-refractivity contribution < 1.29 is 9.53 Å². The maximum Gasteiger partial charge on any atom is 0.185 e. The molecule has 0 aromatic heterocycles. The Morgan fingerprint density at radius 3 is 2.56 bits per heavy atom. The number of carbonyl (C=O) groups is 1. The minimum absolute atomic E-state index is 0.0532. The predicted octanol–water partition coefficient (Wildman–Crippen LogP) is 4.14. The number of allylic oxidation sites excluding steroid dienone is 1. The summed E-state index contributed by atoms with van der Waals surface area (Å²) in [6.07, 6.45) is 2.31. The van der Waals surface area contributed by atoms with Gasteiger partial charge in [0.2, 0.25) is 0 Å². The van der Waals surface area contributed by atoms with Gasteiger partial charge < -0.3 is 4.74 Å². The first-order valence-electron chi connectivity index (χ1n) is 6.34. The first-order valence-corrected chi connectivity index (χ1v) is 6.34. The van der Waals surface area contributed by atoms with Gasteiger partial charge in [0.05, 0.1) is 6.61 Å². The first kappa shape index (κ1) is 14.5. The molecule has 0 spiro atoms. The molecular weight excluding hydrogens is 224 g/mol. The fraction of sp³-hybridized carbons (Fsp3) is 0.438. The van der Waals surface area contributed by atoms with E-state index in [1.807, 2.05) is 12.1 Å². The summed E-state index contributed by atoms with van der Waals surface area (Å²) in [5.41, 5.74) is 1.67. The highest BCUT2D eigenvalue weighted by Crippen LogP contribution is 2.32. The zero-order valence-corrected chi connectivity index (χ0v) is 11.7. The third-order valence-electron chi connectivity index (χ3n) is 2.72. The monoisotopic (exact) mass is 246 g/mol. The Hall–Kier alpha value is -1.57. The van der Waals surface area contributed by atoms with Crippen LogP contribution in [0.15, 0.2) is 30.9 Å². The van der Waals surface area contributed by atoms with Gasteiger partial charge >= 0.3 is 0 Å². The van der Waals surface area contributed by atoms with E-state index in [4.69, 9.17) is 4.74 Å². The van der Waals surface area contributed by atoms with E-state index < -0.39 is 0 Å². The zero-order chi connectivity index (χ0) is 13.8. The maximum atomic E-state index is 11.7. The molecule has 98 valence electrons. The smallest absolute Gasteiger partial charge is 0.185 e. The van der Waals surface area contributed by atoms with Crippen molar-refractivity contribution >= 4 is 5.78 Å². The Labute approximate surface area is 110 Å². The van der Waals surface area contributed by atoms with Gasteiger partial charge in [0.25, 0.3) is 0 Å². The normalized spacial score (nSPS) is 11.1. The zero-order valence-electron chi connectivity index (χ0n) is 11.7. The van der Waals surface area contributed by atoms with Gasteiger partial charge in [-0.3, -0.25) is 4.79 Å². The highest BCUT2D eigenvalue weighted by atomic mass is 16.5. The molecule has 0 radical (unpaired) electrons. The van der Waals surface area contributed by atoms with Crippen molar-refractivity contribution in [1.29, 1.82) is 0 Å². The Kier molecular flexibility index (Phi) is 4.71. The number of ether oxygens (including phenoxy) is 1. The molecule has 0 bridgehead atoms. The fourth-order valence-corrected chi connectivity index (χ4v) is 1.73. The Morgan fingerprint density at radius 2 is 2.06 bits per heavy atom. The predicted molar refractivity (Wildman–Crippen MR) is 75.5 cm³/mol. The second-order valence-corrected chi connectivity index (χ2v) is 5.38. The number of hydrogen-bond donors (Lipinski definition) is 0. The maximum absolute atomic E-state index is 11.7. The van der Waals surface area contributed by atoms with Gasteiger partial charge in [-0.15, -0.1) is 0 Å². The number of hydrogen-bond acceptors (Lipinski definition) is 2. The van der Waals surface area contributed by atoms with Crippen LogP contribution in [0.2, 0.25) is 0 Å². The van der Waals surface area contributed by atoms with Crippen molar-refractivity contribution in [3.8, 4) is 5.75 Å². The quantitative estimate of drug-likeness (QED) is 0.576. The van der Waals surface area contributed by atoms with E-state index in [1.54, 1.807) is 6.07 Å². The molecule has 0 saturated carbocycles. The van der Waals surface area contributed by atoms with Crippen LogP contribution in [-0.4, -0.2) is 12.4 Å². The summed E-state index contributed by atoms with van der Waals surface area (Å²) in [5, 5.41) is 0. The molecule has 0 amide bonds. The first-order chi connectivity index (χ1) is 8.40. The molecule has 0 saturated heterocycles. The highest BCUT2D eigenvalue weighted by Gasteiger charge is 2.20. The Bertz CT molecular complexity index is 439. The molecule has 2 nitrogen and oxygen atoms in total. The van der Waals surface area contributed by atoms with E-state index >= 15 is 0 Å². The highest BCUT2D eigenvalue weighted by molar-refractivity contribution is 6.04. The standard InChI is InChI=1S/C16H22O2/c1-6-10-18-15-9-8-12(14(17)7-2)11-13(15)16(3,4)5/h7-9,11H,2,6,10H2,1,3-5H3. The molecule has 1 aromatic rings. The molecule has 1 aromatic carbocycles. The van der Waals surface area contributed by atoms with E-state index in [9.17, 15) is 4.79 Å². The molecule has 0 aliphatic rings. The van der Waals surface area contributed by atoms with Gasteiger partial charge in [-0.1, -0.05) is 34.3 Å². The summed E-state index contributed by atoms with van der Waals surface area (Å²) < 4.78 is 5.74. The largest absolute Gasteiger partial charge is 0.493 e. The molecule has 0 fully saturated rings. The van der Waals surface area contributed by atoms with Crippen molar-refractivity contribution in [2.45, 2.75) is 39.5 Å². The van der Waals surface area contributed by atoms with Crippen LogP contribution in [0, 0.1) is 0 Å². The number of rotatable bonds is 5. The fourth-order valence-electron chi connectivity index (χ4n) is 1.73. The molecule has 0 unspecified atom stereocenters. The average Bonchev–Trinajstić information content (AvgIpc) is 2.34. The summed E-state index contributed by atoms with van der Waals surface area (Å²) in [5.74, 6) is 0.813. The molecule has 2 heteroatoms. The van der Waals surface area contributed by atoms with Crippen molar-refractivity contribution in [3.63, 3.8) is 0 Å². The third kappa shape index (κ3) is 3.46. The lowest BCUT2D eigenvalue weighted by Gasteiger charge is -2.23. The molecule has 1 rings (SSSR count). The SMILES string of the molecule is C=CC(=O)c1ccc(OCCC)c(C(C)(C)C)c1. The third-order valence-corrected chi connectivity index (χ3v) is 2.72. The van der Waals surface area contributed by atoms with Gasteiger partial charge in [-0.05, 0) is 36.1 Å². The lowest BCUT2D eigenvalue weighted by Crippen LogP contribution is -2.15. The van der Waals surface area contributed by atoms with Crippen LogP contribution in [0.3, 0.4) is 0 Å². The van der Waals surface area contributed by atoms with Crippen LogP contribution in [0.25, 0.3) is 0 Å². The van der Waals surface area contributed by atoms with Crippen LogP contribution in [0.1, 0.15) is 50.0 Å². The Morgan fingerprint density at radius 1 is 1.39 bits per heavy atom. The number of ketones is 1. The van der Waals surface area contributed by atoms with Gasteiger partial charge in [-0.2, -0.15) is 0 Å². The molecular formula is C16H22O2. The second kappa shape index (κ2) is 5.85. The van der Waals surface area contributed by atoms with E-state index in [0.717, 1.165) is 17.7 Å². The lowest BCUT2D eigenvalue weighted by atomic mass is 9.85. The van der Waals surface area contributed by atoms with Crippen molar-refractivity contribution in [3.05, 3.63) is 42.0 Å². The van der Waals surface area contributed by atoms with Gasteiger partial charge in [0.15, 0.2) is 5.78 Å². The van der Waals surface area contributed by atoms with Crippen LogP contribution < -0.4 is 4.74 Å². The van der Waals surface area contributed by atoms with Crippen molar-refractivity contribution in [2.24, 2.45) is 0 Å². The van der Waals surface area contributed by atoms with Gasteiger partial charge in [0, 0.05) is 11.1 Å². The number of carbonyl (C=O) groups excluding carboxylic acids is 1. The van der Waals surface area contributed by atoms with Gasteiger partial charge in [0.1, 0.15) is 5.75 Å². The second-order valence-electron chi connectivity index (χ2n) is 5.38. The summed E-state index contributed by atoms with van der Waals surface area (Å²) >= 11 is 0. The van der Waals surface area contributed by atoms with Crippen LogP contribution in [0.5, 0.6) is 5.75 Å². The summed E-state index contributed by atoms with van der Waals surface area (Å²) in [7, 11) is 0. The minimum atomic E-state index is -0.0550. The van der Waals surface area contributed by atoms with E-state index in [1.165, 1.54) is 6.08 Å². The molecule has 0 aliphatic heterocycles. The van der Waals surface area contributed by atoms with Gasteiger partial charge in [-0.25, -0.2) is 0 Å². The summed E-state index contributed by atoms with van der Waals surface area (Å²) in [4.78, 5) is 11.7. The van der Waals surface area contributed by atoms with Crippen molar-refractivity contribution in [2.75, 3.05) is 6.61 Å². The molecule has 0 atom stereocenters. The van der Waals surface area contributed by atoms with Crippen LogP contribution >= 0.6 is 0 Å². The number of benzene rings is 1. The topological polar surface area (TPSA) is 26.3 Å². The minimum Gasteiger partial charge on any atom is -0.493 e. The van der Waals surface area contributed by atoms with Crippen LogP contribution in [0.4, 0.5) is 0 Å². The molecule has 0 heterocycles. The molecule has 0 N–H and O–H groups in total. The molecule has 0 aliphatic carbocycles. The lowest BCUT2D eigenvalue weighted by molar-refractivity contribution is 0.104. The van der Waals surface area contributed by atoms with Crippen LogP contribution in [-0.2, 0) is 5.41 Å². The Balaban J connectivity index is 3.20. The average molecular weight is 246 g/mol. The van der Waals surface area contributed by atoms with Crippen molar-refractivity contribution in [1.82, 2.24) is 0 Å². The summed E-state index contributed by atoms with van der Waals surface area (Å²) in [6.45, 7) is 12.6.